The summed E-state index contributed by atoms with van der Waals surface area (Å²) in [6.45, 7) is 4.96. The number of halogens is 1. The minimum atomic E-state index is -0.343. The molecule has 2 aromatic rings. The highest BCUT2D eigenvalue weighted by atomic mass is 19.1. The van der Waals surface area contributed by atoms with E-state index in [1.54, 1.807) is 4.90 Å². The molecule has 0 saturated carbocycles. The molecule has 1 fully saturated rings. The summed E-state index contributed by atoms with van der Waals surface area (Å²) < 4.78 is 18.3. The van der Waals surface area contributed by atoms with Crippen LogP contribution in [0, 0.1) is 5.82 Å². The fourth-order valence-electron chi connectivity index (χ4n) is 3.39. The number of anilines is 1. The Morgan fingerprint density at radius 1 is 1.10 bits per heavy atom. The summed E-state index contributed by atoms with van der Waals surface area (Å²) in [7, 11) is 0. The van der Waals surface area contributed by atoms with Crippen molar-refractivity contribution in [3.8, 4) is 5.75 Å². The Labute approximate surface area is 170 Å². The van der Waals surface area contributed by atoms with Gasteiger partial charge in [0.15, 0.2) is 13.2 Å². The minimum Gasteiger partial charge on any atom is -0.484 e. The summed E-state index contributed by atoms with van der Waals surface area (Å²) >= 11 is 0. The second-order valence-corrected chi connectivity index (χ2v) is 7.11. The van der Waals surface area contributed by atoms with Gasteiger partial charge in [0.25, 0.3) is 11.8 Å². The lowest BCUT2D eigenvalue weighted by molar-refractivity contribution is -0.895. The Kier molecular flexibility index (Phi) is 7.19. The van der Waals surface area contributed by atoms with Crippen LogP contribution >= 0.6 is 0 Å². The topological polar surface area (TPSA) is 63.1 Å². The fraction of sp³-hybridized carbons (Fsp3) is 0.364. The molecule has 0 radical (unpaired) electrons. The summed E-state index contributed by atoms with van der Waals surface area (Å²) in [5.74, 6) is 0.00746. The zero-order valence-electron chi connectivity index (χ0n) is 16.6. The van der Waals surface area contributed by atoms with Crippen molar-refractivity contribution in [1.29, 1.82) is 0 Å². The Hall–Kier alpha value is -2.93. The predicted octanol–water partition coefficient (Wildman–Crippen LogP) is 1.13. The number of rotatable bonds is 7. The molecule has 0 unspecified atom stereocenters. The van der Waals surface area contributed by atoms with E-state index < -0.39 is 0 Å². The lowest BCUT2D eigenvalue weighted by Gasteiger charge is -2.31. The predicted molar refractivity (Wildman–Crippen MR) is 108 cm³/mol. The number of hydrogen-bond donors (Lipinski definition) is 2. The van der Waals surface area contributed by atoms with Crippen molar-refractivity contribution in [1.82, 2.24) is 4.90 Å². The molecule has 0 aromatic heterocycles. The van der Waals surface area contributed by atoms with Crippen molar-refractivity contribution >= 4 is 17.5 Å². The van der Waals surface area contributed by atoms with E-state index in [0.29, 0.717) is 38.5 Å². The van der Waals surface area contributed by atoms with Gasteiger partial charge in [0, 0.05) is 5.69 Å². The van der Waals surface area contributed by atoms with E-state index in [4.69, 9.17) is 4.74 Å². The Morgan fingerprint density at radius 3 is 2.48 bits per heavy atom. The lowest BCUT2D eigenvalue weighted by Crippen LogP contribution is -3.15. The highest BCUT2D eigenvalue weighted by Crippen LogP contribution is 2.15. The number of quaternary nitrogens is 1. The number of amides is 2. The zero-order chi connectivity index (χ0) is 20.6. The summed E-state index contributed by atoms with van der Waals surface area (Å²) in [5.41, 5.74) is 1.98. The van der Waals surface area contributed by atoms with Crippen molar-refractivity contribution in [2.45, 2.75) is 13.3 Å². The number of nitrogens with zero attached hydrogens (tertiary/aromatic N) is 1. The Morgan fingerprint density at radius 2 is 1.79 bits per heavy atom. The molecule has 2 aromatic carbocycles. The Balaban J connectivity index is 1.41. The molecule has 29 heavy (non-hydrogen) atoms. The van der Waals surface area contributed by atoms with Gasteiger partial charge >= 0.3 is 0 Å². The van der Waals surface area contributed by atoms with Gasteiger partial charge in [-0.3, -0.25) is 9.59 Å². The molecular weight excluding hydrogens is 373 g/mol. The lowest BCUT2D eigenvalue weighted by atomic mass is 10.1. The molecule has 0 aliphatic carbocycles. The van der Waals surface area contributed by atoms with Crippen LogP contribution in [0.2, 0.25) is 0 Å². The molecule has 0 spiro atoms. The van der Waals surface area contributed by atoms with Gasteiger partial charge in [0.1, 0.15) is 11.6 Å². The van der Waals surface area contributed by atoms with Crippen molar-refractivity contribution in [2.75, 3.05) is 44.6 Å². The second-order valence-electron chi connectivity index (χ2n) is 7.11. The third-order valence-corrected chi connectivity index (χ3v) is 5.08. The normalized spacial score (nSPS) is 14.5. The van der Waals surface area contributed by atoms with Crippen LogP contribution in [0.15, 0.2) is 48.5 Å². The zero-order valence-corrected chi connectivity index (χ0v) is 16.6. The molecule has 0 bridgehead atoms. The first kappa shape index (κ1) is 20.8. The van der Waals surface area contributed by atoms with Crippen LogP contribution < -0.4 is 15.0 Å². The van der Waals surface area contributed by atoms with Gasteiger partial charge in [-0.15, -0.1) is 0 Å². The number of carbonyl (C=O) groups is 2. The van der Waals surface area contributed by atoms with Gasteiger partial charge in [0.2, 0.25) is 0 Å². The number of aryl methyl sites for hydroxylation is 1. The van der Waals surface area contributed by atoms with Crippen molar-refractivity contribution in [3.05, 3.63) is 59.9 Å². The number of para-hydroxylation sites is 1. The van der Waals surface area contributed by atoms with E-state index in [2.05, 4.69) is 12.2 Å². The second kappa shape index (κ2) is 10.0. The monoisotopic (exact) mass is 400 g/mol. The molecule has 154 valence electrons. The SMILES string of the molecule is CCc1ccccc1NC(=O)C[NH+]1CCN(C(=O)COc2ccc(F)cc2)CC1. The number of carbonyl (C=O) groups excluding carboxylic acids is 2. The van der Waals surface area contributed by atoms with Crippen LogP contribution in [0.5, 0.6) is 5.75 Å². The molecule has 1 saturated heterocycles. The molecule has 3 rings (SSSR count). The molecule has 1 aliphatic heterocycles. The summed E-state index contributed by atoms with van der Waals surface area (Å²) in [5, 5.41) is 3.00. The first-order valence-corrected chi connectivity index (χ1v) is 9.92. The van der Waals surface area contributed by atoms with Gasteiger partial charge in [-0.05, 0) is 42.3 Å². The van der Waals surface area contributed by atoms with Crippen molar-refractivity contribution in [2.24, 2.45) is 0 Å². The van der Waals surface area contributed by atoms with Crippen molar-refractivity contribution in [3.63, 3.8) is 0 Å². The fourth-order valence-corrected chi connectivity index (χ4v) is 3.39. The third-order valence-electron chi connectivity index (χ3n) is 5.08. The minimum absolute atomic E-state index is 0.0136. The number of nitrogens with one attached hydrogen (secondary N) is 2. The maximum atomic E-state index is 12.9. The standard InChI is InChI=1S/C22H26FN3O3/c1-2-17-5-3-4-6-20(17)24-21(27)15-25-11-13-26(14-12-25)22(28)16-29-19-9-7-18(23)8-10-19/h3-10H,2,11-16H2,1H3,(H,24,27)/p+1. The summed E-state index contributed by atoms with van der Waals surface area (Å²) in [4.78, 5) is 27.6. The molecular formula is C22H27FN3O3+. The van der Waals surface area contributed by atoms with Crippen LogP contribution in [-0.4, -0.2) is 56.0 Å². The number of ether oxygens (including phenoxy) is 1. The van der Waals surface area contributed by atoms with Crippen LogP contribution in [0.25, 0.3) is 0 Å². The number of hydrogen-bond acceptors (Lipinski definition) is 3. The van der Waals surface area contributed by atoms with Gasteiger partial charge < -0.3 is 19.9 Å². The van der Waals surface area contributed by atoms with Gasteiger partial charge in [-0.1, -0.05) is 25.1 Å². The highest BCUT2D eigenvalue weighted by Gasteiger charge is 2.25. The summed E-state index contributed by atoms with van der Waals surface area (Å²) in [6, 6.07) is 13.4. The third kappa shape index (κ3) is 6.02. The largest absolute Gasteiger partial charge is 0.484 e. The van der Waals surface area contributed by atoms with E-state index in [0.717, 1.165) is 22.6 Å². The molecule has 2 N–H and O–H groups in total. The molecule has 0 atom stereocenters. The van der Waals surface area contributed by atoms with E-state index >= 15 is 0 Å². The smallest absolute Gasteiger partial charge is 0.279 e. The first-order chi connectivity index (χ1) is 14.0. The number of benzene rings is 2. The van der Waals surface area contributed by atoms with E-state index in [-0.39, 0.29) is 24.2 Å². The van der Waals surface area contributed by atoms with Crippen molar-refractivity contribution < 1.29 is 23.6 Å². The van der Waals surface area contributed by atoms with E-state index in [9.17, 15) is 14.0 Å². The highest BCUT2D eigenvalue weighted by molar-refractivity contribution is 5.92. The van der Waals surface area contributed by atoms with Crippen LogP contribution in [-0.2, 0) is 16.0 Å². The average molecular weight is 400 g/mol. The molecule has 2 amide bonds. The number of piperazine rings is 1. The van der Waals surface area contributed by atoms with E-state index in [1.165, 1.54) is 24.3 Å². The maximum absolute atomic E-state index is 12.9. The molecule has 7 heteroatoms. The first-order valence-electron chi connectivity index (χ1n) is 9.92. The quantitative estimate of drug-likeness (QED) is 0.733. The maximum Gasteiger partial charge on any atom is 0.279 e. The Bertz CT molecular complexity index is 833. The van der Waals surface area contributed by atoms with Gasteiger partial charge in [-0.2, -0.15) is 0 Å². The van der Waals surface area contributed by atoms with Crippen LogP contribution in [0.1, 0.15) is 12.5 Å². The van der Waals surface area contributed by atoms with E-state index in [1.807, 2.05) is 24.3 Å². The summed E-state index contributed by atoms with van der Waals surface area (Å²) in [6.07, 6.45) is 0.865. The van der Waals surface area contributed by atoms with Crippen LogP contribution in [0.3, 0.4) is 0 Å². The molecule has 6 nitrogen and oxygen atoms in total. The van der Waals surface area contributed by atoms with Gasteiger partial charge in [0.05, 0.1) is 26.2 Å². The van der Waals surface area contributed by atoms with Crippen LogP contribution in [0.4, 0.5) is 10.1 Å². The average Bonchev–Trinajstić information content (AvgIpc) is 2.74. The molecule has 1 aliphatic rings. The molecule has 1 heterocycles. The van der Waals surface area contributed by atoms with Gasteiger partial charge in [-0.25, -0.2) is 4.39 Å².